The fourth-order valence-electron chi connectivity index (χ4n) is 0.107. The van der Waals surface area contributed by atoms with Crippen LogP contribution in [0, 0.1) is 0 Å². The van der Waals surface area contributed by atoms with Crippen LogP contribution in [0.25, 0.3) is 0 Å². The Bertz CT molecular complexity index is 120. The molecular formula is C2H5NO3PS+. The van der Waals surface area contributed by atoms with Crippen LogP contribution >= 0.6 is 7.23 Å². The van der Waals surface area contributed by atoms with E-state index in [-0.39, 0.29) is 0 Å². The van der Waals surface area contributed by atoms with Gasteiger partial charge in [0.1, 0.15) is 0 Å². The van der Waals surface area contributed by atoms with Crippen molar-refractivity contribution in [2.24, 2.45) is 0 Å². The second-order valence-corrected chi connectivity index (χ2v) is 2.56. The molecule has 0 amide bonds. The van der Waals surface area contributed by atoms with E-state index in [4.69, 9.17) is 5.21 Å². The van der Waals surface area contributed by atoms with Gasteiger partial charge in [-0.05, 0) is 0 Å². The van der Waals surface area contributed by atoms with Crippen molar-refractivity contribution in [3.05, 3.63) is 0 Å². The molecule has 0 fully saturated rings. The molecule has 8 heavy (non-hydrogen) atoms. The Morgan fingerprint density at radius 3 is 2.62 bits per heavy atom. The molecule has 0 bridgehead atoms. The zero-order chi connectivity index (χ0) is 6.57. The lowest BCUT2D eigenvalue weighted by molar-refractivity contribution is -0.754. The Morgan fingerprint density at radius 2 is 2.50 bits per heavy atom. The van der Waals surface area contributed by atoms with Gasteiger partial charge in [-0.1, -0.05) is 4.57 Å². The fraction of sp³-hybridized carbons (Fsp3) is 0.500. The molecule has 4 nitrogen and oxygen atoms in total. The van der Waals surface area contributed by atoms with Crippen LogP contribution in [0.3, 0.4) is 0 Å². The van der Waals surface area contributed by atoms with Gasteiger partial charge in [0, 0.05) is 4.74 Å². The summed E-state index contributed by atoms with van der Waals surface area (Å²) in [5.41, 5.74) is 0. The first-order valence-corrected chi connectivity index (χ1v) is 3.88. The average Bonchev–Trinajstić information content (AvgIpc) is 1.61. The van der Waals surface area contributed by atoms with Gasteiger partial charge in [-0.3, -0.25) is 5.21 Å². The number of hydrogen-bond donors (Lipinski definition) is 1. The Morgan fingerprint density at radius 1 is 2.00 bits per heavy atom. The zero-order valence-electron chi connectivity index (χ0n) is 4.14. The molecule has 46 valence electrons. The highest BCUT2D eigenvalue weighted by Gasteiger charge is 1.96. The molecule has 0 saturated heterocycles. The van der Waals surface area contributed by atoms with Gasteiger partial charge in [0.2, 0.25) is 0 Å². The van der Waals surface area contributed by atoms with Gasteiger partial charge in [-0.15, -0.1) is 0 Å². The molecule has 0 spiro atoms. The van der Waals surface area contributed by atoms with Crippen molar-refractivity contribution in [1.29, 1.82) is 0 Å². The number of hydroxylamine groups is 1. The van der Waals surface area contributed by atoms with E-state index < -0.39 is 7.23 Å². The number of rotatable bonds is 2. The molecule has 0 rings (SSSR count). The first-order chi connectivity index (χ1) is 3.63. The van der Waals surface area contributed by atoms with E-state index in [1.54, 1.807) is 0 Å². The van der Waals surface area contributed by atoms with Crippen molar-refractivity contribution in [3.8, 4) is 0 Å². The topological polar surface area (TPSA) is 49.5 Å². The van der Waals surface area contributed by atoms with E-state index in [0.717, 1.165) is 6.40 Å². The van der Waals surface area contributed by atoms with Crippen molar-refractivity contribution in [2.75, 3.05) is 7.05 Å². The van der Waals surface area contributed by atoms with E-state index in [9.17, 15) is 4.57 Å². The Labute approximate surface area is 52.8 Å². The minimum Gasteiger partial charge on any atom is -0.397 e. The molecule has 0 aromatic carbocycles. The van der Waals surface area contributed by atoms with Crippen molar-refractivity contribution in [2.45, 2.75) is 0 Å². The standard InChI is InChI=1S/C2H5NO3PS/c1-3(4)2-6-7(5)8/h2,4H,1H3/q+1. The lowest BCUT2D eigenvalue weighted by Gasteiger charge is -1.78. The van der Waals surface area contributed by atoms with E-state index in [1.807, 2.05) is 0 Å². The fourth-order valence-corrected chi connectivity index (χ4v) is 0.436. The maximum atomic E-state index is 9.92. The Hall–Kier alpha value is -0.280. The van der Waals surface area contributed by atoms with Crippen molar-refractivity contribution < 1.29 is 19.0 Å². The molecule has 0 aliphatic rings. The summed E-state index contributed by atoms with van der Waals surface area (Å²) < 4.78 is 14.7. The summed E-state index contributed by atoms with van der Waals surface area (Å²) >= 11 is 4.12. The van der Waals surface area contributed by atoms with Crippen LogP contribution in [-0.2, 0) is 21.3 Å². The maximum absolute atomic E-state index is 9.92. The summed E-state index contributed by atoms with van der Waals surface area (Å²) in [7, 11) is -0.743. The molecular weight excluding hydrogens is 149 g/mol. The summed E-state index contributed by atoms with van der Waals surface area (Å²) in [6.07, 6.45) is 0.867. The summed E-state index contributed by atoms with van der Waals surface area (Å²) in [6, 6.07) is 0. The van der Waals surface area contributed by atoms with Gasteiger partial charge in [-0.2, -0.15) is 0 Å². The SMILES string of the molecule is C[N+](O)=CO[P+](=O)[S-]. The molecule has 1 atom stereocenters. The van der Waals surface area contributed by atoms with E-state index in [2.05, 4.69) is 16.8 Å². The summed E-state index contributed by atoms with van der Waals surface area (Å²) in [6.45, 7) is 0. The average molecular weight is 154 g/mol. The first-order valence-electron chi connectivity index (χ1n) is 1.69. The minimum atomic E-state index is -2.06. The quantitative estimate of drug-likeness (QED) is 0.118. The predicted molar refractivity (Wildman–Crippen MR) is 30.1 cm³/mol. The van der Waals surface area contributed by atoms with E-state index in [0.29, 0.717) is 4.74 Å². The van der Waals surface area contributed by atoms with Crippen LogP contribution < -0.4 is 0 Å². The highest BCUT2D eigenvalue weighted by Crippen LogP contribution is 2.13. The molecule has 1 unspecified atom stereocenters. The van der Waals surface area contributed by atoms with Crippen molar-refractivity contribution >= 4 is 25.9 Å². The van der Waals surface area contributed by atoms with Gasteiger partial charge in [0.15, 0.2) is 7.05 Å². The van der Waals surface area contributed by atoms with E-state index >= 15 is 0 Å². The van der Waals surface area contributed by atoms with Crippen LogP contribution in [0.1, 0.15) is 0 Å². The normalized spacial score (nSPS) is 13.2. The summed E-state index contributed by atoms with van der Waals surface area (Å²) in [5.74, 6) is 0. The van der Waals surface area contributed by atoms with Gasteiger partial charge in [-0.25, -0.2) is 4.52 Å². The first kappa shape index (κ1) is 7.72. The predicted octanol–water partition coefficient (Wildman–Crippen LogP) is 0.267. The molecule has 0 aliphatic heterocycles. The minimum absolute atomic E-state index is 0.625. The van der Waals surface area contributed by atoms with Crippen LogP contribution in [0.15, 0.2) is 0 Å². The Balaban J connectivity index is 3.45. The second-order valence-electron chi connectivity index (χ2n) is 1.01. The van der Waals surface area contributed by atoms with E-state index in [1.165, 1.54) is 7.05 Å². The molecule has 0 aromatic heterocycles. The highest BCUT2D eigenvalue weighted by atomic mass is 32.7. The third kappa shape index (κ3) is 5.72. The monoisotopic (exact) mass is 154 g/mol. The molecule has 0 heterocycles. The molecule has 0 aliphatic carbocycles. The van der Waals surface area contributed by atoms with Crippen molar-refractivity contribution in [3.63, 3.8) is 0 Å². The van der Waals surface area contributed by atoms with Gasteiger partial charge < -0.3 is 12.2 Å². The lowest BCUT2D eigenvalue weighted by Crippen LogP contribution is -1.98. The third-order valence-corrected chi connectivity index (χ3v) is 0.810. The number of nitrogens with zero attached hydrogens (tertiary/aromatic N) is 1. The third-order valence-electron chi connectivity index (χ3n) is 0.286. The van der Waals surface area contributed by atoms with Crippen LogP contribution in [0.2, 0.25) is 0 Å². The molecule has 1 N–H and O–H groups in total. The second kappa shape index (κ2) is 3.69. The van der Waals surface area contributed by atoms with Crippen LogP contribution in [0.4, 0.5) is 0 Å². The molecule has 6 heteroatoms. The lowest BCUT2D eigenvalue weighted by atomic mass is 11.3. The highest BCUT2D eigenvalue weighted by molar-refractivity contribution is 8.26. The molecule has 0 aromatic rings. The molecule has 0 radical (unpaired) electrons. The smallest absolute Gasteiger partial charge is 0.397 e. The zero-order valence-corrected chi connectivity index (χ0v) is 5.85. The summed E-state index contributed by atoms with van der Waals surface area (Å²) in [4.78, 5) is 0. The van der Waals surface area contributed by atoms with Gasteiger partial charge in [0.25, 0.3) is 0 Å². The Kier molecular flexibility index (Phi) is 3.56. The van der Waals surface area contributed by atoms with Crippen LogP contribution in [0.5, 0.6) is 0 Å². The number of hydrogen-bond acceptors (Lipinski definition) is 4. The largest absolute Gasteiger partial charge is 0.429 e. The van der Waals surface area contributed by atoms with Crippen LogP contribution in [-0.4, -0.2) is 23.4 Å². The van der Waals surface area contributed by atoms with Crippen molar-refractivity contribution in [1.82, 2.24) is 0 Å². The molecule has 0 saturated carbocycles. The maximum Gasteiger partial charge on any atom is 0.429 e. The summed E-state index contributed by atoms with van der Waals surface area (Å²) in [5, 5.41) is 8.28. The van der Waals surface area contributed by atoms with Gasteiger partial charge in [0.05, 0.1) is 0 Å². The van der Waals surface area contributed by atoms with Gasteiger partial charge >= 0.3 is 13.6 Å².